The minimum atomic E-state index is -4.64. The van der Waals surface area contributed by atoms with Crippen LogP contribution in [0.15, 0.2) is 41.3 Å². The largest absolute Gasteiger partial charge is 0.490 e. The first-order valence-corrected chi connectivity index (χ1v) is 12.4. The van der Waals surface area contributed by atoms with Gasteiger partial charge in [-0.25, -0.2) is 12.8 Å². The number of hydrogen-bond acceptors (Lipinski definition) is 5. The molecule has 6 nitrogen and oxygen atoms in total. The van der Waals surface area contributed by atoms with Crippen molar-refractivity contribution < 1.29 is 35.5 Å². The predicted octanol–water partition coefficient (Wildman–Crippen LogP) is 4.39. The van der Waals surface area contributed by atoms with E-state index in [0.29, 0.717) is 6.07 Å². The number of piperazine rings is 1. The number of ether oxygens (including phenoxy) is 1. The molecule has 1 saturated heterocycles. The summed E-state index contributed by atoms with van der Waals surface area (Å²) in [5.41, 5.74) is -0.931. The maximum Gasteiger partial charge on any atom is 0.416 e. The summed E-state index contributed by atoms with van der Waals surface area (Å²) in [6, 6.07) is 6.54. The van der Waals surface area contributed by atoms with Gasteiger partial charge in [-0.15, -0.1) is 0 Å². The third-order valence-electron chi connectivity index (χ3n) is 5.47. The molecule has 1 fully saturated rings. The van der Waals surface area contributed by atoms with E-state index in [4.69, 9.17) is 4.74 Å². The lowest BCUT2D eigenvalue weighted by Crippen LogP contribution is -2.49. The van der Waals surface area contributed by atoms with Crippen molar-refractivity contribution in [2.45, 2.75) is 37.9 Å². The van der Waals surface area contributed by atoms with E-state index in [0.717, 1.165) is 12.1 Å². The van der Waals surface area contributed by atoms with Crippen molar-refractivity contribution in [1.82, 2.24) is 4.90 Å². The Kier molecular flexibility index (Phi) is 7.44. The van der Waals surface area contributed by atoms with Crippen LogP contribution in [0.2, 0.25) is 0 Å². The average molecular weight is 503 g/mol. The van der Waals surface area contributed by atoms with E-state index in [9.17, 15) is 30.8 Å². The SMILES string of the molecule is CCS(=O)(=O)c1ccc(OC(C)C)c(C(=O)N2CCN(c3ccc(C(F)(F)F)cc3F)CC2)c1. The highest BCUT2D eigenvalue weighted by Gasteiger charge is 2.32. The molecule has 1 aliphatic heterocycles. The van der Waals surface area contributed by atoms with Gasteiger partial charge < -0.3 is 14.5 Å². The van der Waals surface area contributed by atoms with Gasteiger partial charge in [-0.1, -0.05) is 6.92 Å². The van der Waals surface area contributed by atoms with Crippen LogP contribution in [0.3, 0.4) is 0 Å². The fourth-order valence-corrected chi connectivity index (χ4v) is 4.56. The Labute approximate surface area is 196 Å². The summed E-state index contributed by atoms with van der Waals surface area (Å²) in [7, 11) is -3.55. The number of alkyl halides is 3. The summed E-state index contributed by atoms with van der Waals surface area (Å²) in [5.74, 6) is -1.29. The molecule has 0 saturated carbocycles. The molecule has 0 bridgehead atoms. The summed E-state index contributed by atoms with van der Waals surface area (Å²) in [4.78, 5) is 16.3. The number of rotatable bonds is 6. The fraction of sp³-hybridized carbons (Fsp3) is 0.435. The molecule has 1 heterocycles. The van der Waals surface area contributed by atoms with Crippen molar-refractivity contribution in [3.8, 4) is 5.75 Å². The molecular formula is C23H26F4N2O4S. The third kappa shape index (κ3) is 5.63. The van der Waals surface area contributed by atoms with Gasteiger partial charge in [-0.3, -0.25) is 4.79 Å². The highest BCUT2D eigenvalue weighted by molar-refractivity contribution is 7.91. The molecule has 0 aromatic heterocycles. The molecule has 3 rings (SSSR count). The first-order chi connectivity index (χ1) is 15.8. The molecule has 0 N–H and O–H groups in total. The van der Waals surface area contributed by atoms with Crippen LogP contribution in [0.1, 0.15) is 36.7 Å². The van der Waals surface area contributed by atoms with Crippen molar-refractivity contribution in [1.29, 1.82) is 0 Å². The smallest absolute Gasteiger partial charge is 0.416 e. The molecule has 1 amide bonds. The molecule has 11 heteroatoms. The number of anilines is 1. The maximum atomic E-state index is 14.4. The van der Waals surface area contributed by atoms with E-state index in [2.05, 4.69) is 0 Å². The minimum absolute atomic E-state index is 0.0138. The van der Waals surface area contributed by atoms with Crippen LogP contribution in [-0.2, 0) is 16.0 Å². The molecule has 0 atom stereocenters. The fourth-order valence-electron chi connectivity index (χ4n) is 3.65. The quantitative estimate of drug-likeness (QED) is 0.549. The van der Waals surface area contributed by atoms with Gasteiger partial charge in [0.2, 0.25) is 0 Å². The van der Waals surface area contributed by atoms with E-state index in [1.807, 2.05) is 0 Å². The summed E-state index contributed by atoms with van der Waals surface area (Å²) in [6.45, 7) is 5.80. The molecule has 0 aliphatic carbocycles. The van der Waals surface area contributed by atoms with E-state index >= 15 is 0 Å². The van der Waals surface area contributed by atoms with Crippen molar-refractivity contribution >= 4 is 21.4 Å². The zero-order valence-electron chi connectivity index (χ0n) is 19.0. The van der Waals surface area contributed by atoms with Gasteiger partial charge in [-0.2, -0.15) is 13.2 Å². The van der Waals surface area contributed by atoms with Crippen molar-refractivity contribution in [2.24, 2.45) is 0 Å². The van der Waals surface area contributed by atoms with Crippen LogP contribution in [0.4, 0.5) is 23.2 Å². The van der Waals surface area contributed by atoms with Gasteiger partial charge in [0.1, 0.15) is 11.6 Å². The predicted molar refractivity (Wildman–Crippen MR) is 119 cm³/mol. The molecule has 186 valence electrons. The molecule has 1 aliphatic rings. The number of hydrogen-bond donors (Lipinski definition) is 0. The standard InChI is InChI=1S/C23H26F4N2O4S/c1-4-34(31,32)17-6-8-21(33-15(2)3)18(14-17)22(30)29-11-9-28(10-12-29)20-7-5-16(13-19(20)24)23(25,26)27/h5-8,13-15H,4,9-12H2,1-3H3. The van der Waals surface area contributed by atoms with Gasteiger partial charge in [-0.05, 0) is 50.2 Å². The second-order valence-electron chi connectivity index (χ2n) is 8.17. The van der Waals surface area contributed by atoms with Crippen molar-refractivity contribution in [3.05, 3.63) is 53.3 Å². The van der Waals surface area contributed by atoms with Gasteiger partial charge in [0.05, 0.1) is 33.6 Å². The van der Waals surface area contributed by atoms with Crippen LogP contribution in [0.5, 0.6) is 5.75 Å². The topological polar surface area (TPSA) is 66.9 Å². The van der Waals surface area contributed by atoms with E-state index in [-0.39, 0.29) is 59.9 Å². The molecule has 34 heavy (non-hydrogen) atoms. The number of halogens is 4. The van der Waals surface area contributed by atoms with Gasteiger partial charge in [0.25, 0.3) is 5.91 Å². The highest BCUT2D eigenvalue weighted by Crippen LogP contribution is 2.33. The molecular weight excluding hydrogens is 476 g/mol. The van der Waals surface area contributed by atoms with Crippen LogP contribution >= 0.6 is 0 Å². The summed E-state index contributed by atoms with van der Waals surface area (Å²) in [5, 5.41) is 0. The highest BCUT2D eigenvalue weighted by atomic mass is 32.2. The van der Waals surface area contributed by atoms with Crippen LogP contribution in [0.25, 0.3) is 0 Å². The Hall–Kier alpha value is -2.82. The molecule has 0 unspecified atom stereocenters. The Morgan fingerprint density at radius 2 is 1.71 bits per heavy atom. The normalized spacial score (nSPS) is 15.1. The summed E-state index contributed by atoms with van der Waals surface area (Å²) < 4.78 is 83.1. The first-order valence-electron chi connectivity index (χ1n) is 10.8. The monoisotopic (exact) mass is 502 g/mol. The van der Waals surface area contributed by atoms with Crippen molar-refractivity contribution in [3.63, 3.8) is 0 Å². The van der Waals surface area contributed by atoms with E-state index in [1.165, 1.54) is 30.0 Å². The number of nitrogens with zero attached hydrogens (tertiary/aromatic N) is 2. The van der Waals surface area contributed by atoms with E-state index in [1.54, 1.807) is 18.7 Å². The number of carbonyl (C=O) groups excluding carboxylic acids is 1. The van der Waals surface area contributed by atoms with Gasteiger partial charge in [0, 0.05) is 26.2 Å². The Bertz CT molecular complexity index is 1160. The summed E-state index contributed by atoms with van der Waals surface area (Å²) in [6.07, 6.45) is -4.89. The second-order valence-corrected chi connectivity index (χ2v) is 10.4. The molecule has 0 spiro atoms. The summed E-state index contributed by atoms with van der Waals surface area (Å²) >= 11 is 0. The number of carbonyl (C=O) groups is 1. The molecule has 2 aromatic carbocycles. The lowest BCUT2D eigenvalue weighted by Gasteiger charge is -2.36. The van der Waals surface area contributed by atoms with E-state index < -0.39 is 33.3 Å². The third-order valence-corrected chi connectivity index (χ3v) is 7.20. The van der Waals surface area contributed by atoms with Gasteiger partial charge >= 0.3 is 6.18 Å². The maximum absolute atomic E-state index is 14.4. The number of amides is 1. The van der Waals surface area contributed by atoms with Crippen LogP contribution in [-0.4, -0.2) is 57.3 Å². The zero-order chi connectivity index (χ0) is 25.3. The second kappa shape index (κ2) is 9.81. The molecule has 0 radical (unpaired) electrons. The minimum Gasteiger partial charge on any atom is -0.490 e. The van der Waals surface area contributed by atoms with Gasteiger partial charge in [0.15, 0.2) is 9.84 Å². The Morgan fingerprint density at radius 3 is 2.24 bits per heavy atom. The lowest BCUT2D eigenvalue weighted by atomic mass is 10.1. The van der Waals surface area contributed by atoms with Crippen molar-refractivity contribution in [2.75, 3.05) is 36.8 Å². The Morgan fingerprint density at radius 1 is 1.06 bits per heavy atom. The Balaban J connectivity index is 1.80. The van der Waals surface area contributed by atoms with Crippen LogP contribution in [0, 0.1) is 5.82 Å². The first kappa shape index (κ1) is 25.8. The zero-order valence-corrected chi connectivity index (χ0v) is 19.8. The number of benzene rings is 2. The average Bonchev–Trinajstić information content (AvgIpc) is 2.78. The van der Waals surface area contributed by atoms with Crippen LogP contribution < -0.4 is 9.64 Å². The number of sulfone groups is 1. The molecule has 2 aromatic rings. The lowest BCUT2D eigenvalue weighted by molar-refractivity contribution is -0.137.